The number of alkyl halides is 5. The molecule has 1 N–H and O–H groups in total. The molecular formula is C17H31F5O5S. The number of hydrogen-bond acceptors (Lipinski definition) is 4. The van der Waals surface area contributed by atoms with Crippen molar-refractivity contribution >= 4 is 10.4 Å². The van der Waals surface area contributed by atoms with Gasteiger partial charge in [0.05, 0.1) is 13.2 Å². The first-order valence-electron chi connectivity index (χ1n) is 9.66. The maximum atomic E-state index is 12.5. The van der Waals surface area contributed by atoms with Crippen LogP contribution in [0.1, 0.15) is 83.5 Å². The van der Waals surface area contributed by atoms with Crippen molar-refractivity contribution in [2.45, 2.75) is 95.8 Å². The smallest absolute Gasteiger partial charge is 0.313 e. The Kier molecular flexibility index (Phi) is 14.2. The largest absolute Gasteiger partial charge is 0.482 e. The van der Waals surface area contributed by atoms with E-state index in [-0.39, 0.29) is 13.0 Å². The minimum Gasteiger partial charge on any atom is -0.313 e. The average Bonchev–Trinajstić information content (AvgIpc) is 2.55. The van der Waals surface area contributed by atoms with Gasteiger partial charge in [0.25, 0.3) is 0 Å². The van der Waals surface area contributed by atoms with E-state index in [1.165, 1.54) is 0 Å². The fourth-order valence-electron chi connectivity index (χ4n) is 2.60. The second kappa shape index (κ2) is 14.5. The Morgan fingerprint density at radius 2 is 0.929 bits per heavy atom. The number of hydrogen-bond donors (Lipinski definition) is 1. The molecule has 0 aliphatic carbocycles. The second-order valence-corrected chi connectivity index (χ2v) is 7.80. The Hall–Kier alpha value is -0.520. The van der Waals surface area contributed by atoms with Crippen LogP contribution in [-0.4, -0.2) is 38.5 Å². The second-order valence-electron chi connectivity index (χ2n) is 6.71. The molecule has 0 unspecified atom stereocenters. The van der Waals surface area contributed by atoms with Crippen molar-refractivity contribution in [1.29, 1.82) is 0 Å². The van der Waals surface area contributed by atoms with Gasteiger partial charge >= 0.3 is 22.7 Å². The molecule has 0 aromatic carbocycles. The molecular weight excluding hydrogens is 411 g/mol. The highest BCUT2D eigenvalue weighted by Crippen LogP contribution is 2.36. The summed E-state index contributed by atoms with van der Waals surface area (Å²) in [5.41, 5.74) is 0. The number of halogens is 5. The van der Waals surface area contributed by atoms with Crippen LogP contribution >= 0.6 is 0 Å². The molecule has 0 spiro atoms. The first kappa shape index (κ1) is 27.5. The van der Waals surface area contributed by atoms with Gasteiger partial charge in [0, 0.05) is 0 Å². The fourth-order valence-corrected chi connectivity index (χ4v) is 2.92. The molecule has 0 aliphatic rings. The first-order chi connectivity index (χ1) is 13.0. The van der Waals surface area contributed by atoms with Gasteiger partial charge in [-0.25, -0.2) is 4.18 Å². The lowest BCUT2D eigenvalue weighted by molar-refractivity contribution is -0.391. The highest BCUT2D eigenvalue weighted by molar-refractivity contribution is 7.80. The Balaban J connectivity index is 3.26. The summed E-state index contributed by atoms with van der Waals surface area (Å²) in [6, 6.07) is 0. The number of unbranched alkanes of at least 4 members (excludes halogenated alkanes) is 12. The van der Waals surface area contributed by atoms with Gasteiger partial charge in [-0.05, 0) is 12.8 Å². The van der Waals surface area contributed by atoms with E-state index in [9.17, 15) is 30.4 Å². The molecule has 0 bridgehead atoms. The molecule has 0 saturated heterocycles. The number of ether oxygens (including phenoxy) is 1. The van der Waals surface area contributed by atoms with Gasteiger partial charge in [-0.2, -0.15) is 30.4 Å². The van der Waals surface area contributed by atoms with Gasteiger partial charge in [-0.15, -0.1) is 0 Å². The highest BCUT2D eigenvalue weighted by Gasteiger charge is 2.59. The lowest BCUT2D eigenvalue weighted by Crippen LogP contribution is -2.39. The van der Waals surface area contributed by atoms with Crippen molar-refractivity contribution in [3.8, 4) is 0 Å². The zero-order chi connectivity index (χ0) is 21.5. The molecule has 5 nitrogen and oxygen atoms in total. The van der Waals surface area contributed by atoms with Crippen molar-refractivity contribution in [3.63, 3.8) is 0 Å². The van der Waals surface area contributed by atoms with Crippen molar-refractivity contribution in [2.75, 3.05) is 13.2 Å². The molecule has 0 saturated carbocycles. The van der Waals surface area contributed by atoms with Crippen molar-refractivity contribution in [3.05, 3.63) is 0 Å². The van der Waals surface area contributed by atoms with E-state index in [0.717, 1.165) is 64.2 Å². The van der Waals surface area contributed by atoms with Crippen molar-refractivity contribution < 1.29 is 43.8 Å². The Morgan fingerprint density at radius 3 is 1.25 bits per heavy atom. The maximum absolute atomic E-state index is 12.5. The molecule has 11 heteroatoms. The fraction of sp³-hybridized carbons (Fsp3) is 1.00. The minimum atomic E-state index is -5.66. The van der Waals surface area contributed by atoms with Crippen molar-refractivity contribution in [2.24, 2.45) is 0 Å². The monoisotopic (exact) mass is 442 g/mol. The molecule has 28 heavy (non-hydrogen) atoms. The third kappa shape index (κ3) is 16.4. The van der Waals surface area contributed by atoms with Crippen LogP contribution in [0.15, 0.2) is 0 Å². The molecule has 0 aromatic rings. The SMILES string of the molecule is O=S(=O)(O)OCCCCCCCCCCCCCCCOC(F)(F)C(F)(F)F. The van der Waals surface area contributed by atoms with Gasteiger partial charge in [0.15, 0.2) is 0 Å². The number of rotatable bonds is 18. The molecule has 0 amide bonds. The van der Waals surface area contributed by atoms with E-state index in [1.54, 1.807) is 0 Å². The predicted octanol–water partition coefficient (Wildman–Crippen LogP) is 6.05. The summed E-state index contributed by atoms with van der Waals surface area (Å²) < 4.78 is 97.3. The summed E-state index contributed by atoms with van der Waals surface area (Å²) in [5.74, 6) is 0. The summed E-state index contributed by atoms with van der Waals surface area (Å²) in [6.45, 7) is -0.607. The standard InChI is InChI=1S/C17H31F5O5S/c18-16(19,20)17(21,22)26-14-12-10-8-6-4-2-1-3-5-7-9-11-13-15-27-28(23,24)25/h1-15H2,(H,23,24,25). The average molecular weight is 442 g/mol. The van der Waals surface area contributed by atoms with Crippen LogP contribution < -0.4 is 0 Å². The van der Waals surface area contributed by atoms with Gasteiger partial charge in [-0.1, -0.05) is 70.6 Å². The molecule has 0 rings (SSSR count). The van der Waals surface area contributed by atoms with E-state index < -0.39 is 29.3 Å². The molecule has 0 aliphatic heterocycles. The predicted molar refractivity (Wildman–Crippen MR) is 94.5 cm³/mol. The third-order valence-corrected chi connectivity index (χ3v) is 4.60. The van der Waals surface area contributed by atoms with Crippen LogP contribution in [0.25, 0.3) is 0 Å². The molecule has 0 heterocycles. The Bertz CT molecular complexity index is 483. The van der Waals surface area contributed by atoms with Gasteiger partial charge in [0.1, 0.15) is 0 Å². The first-order valence-corrected chi connectivity index (χ1v) is 11.0. The lowest BCUT2D eigenvalue weighted by Gasteiger charge is -2.19. The molecule has 170 valence electrons. The summed E-state index contributed by atoms with van der Waals surface area (Å²) in [5, 5.41) is 0. The molecule has 0 fully saturated rings. The minimum absolute atomic E-state index is 0.00425. The quantitative estimate of drug-likeness (QED) is 0.159. The van der Waals surface area contributed by atoms with E-state index in [4.69, 9.17) is 4.55 Å². The zero-order valence-corrected chi connectivity index (χ0v) is 16.8. The van der Waals surface area contributed by atoms with Gasteiger partial charge < -0.3 is 4.74 Å². The van der Waals surface area contributed by atoms with E-state index in [1.807, 2.05) is 0 Å². The summed E-state index contributed by atoms with van der Waals surface area (Å²) in [7, 11) is -4.33. The summed E-state index contributed by atoms with van der Waals surface area (Å²) in [6.07, 6.45) is 0.513. The maximum Gasteiger partial charge on any atom is 0.482 e. The van der Waals surface area contributed by atoms with Crippen LogP contribution in [0.4, 0.5) is 22.0 Å². The topological polar surface area (TPSA) is 72.8 Å². The van der Waals surface area contributed by atoms with Crippen LogP contribution in [0, 0.1) is 0 Å². The lowest BCUT2D eigenvalue weighted by atomic mass is 10.0. The Labute approximate surface area is 163 Å². The van der Waals surface area contributed by atoms with Crippen LogP contribution in [0.2, 0.25) is 0 Å². The zero-order valence-electron chi connectivity index (χ0n) is 16.0. The summed E-state index contributed by atoms with van der Waals surface area (Å²) in [4.78, 5) is 0. The van der Waals surface area contributed by atoms with Gasteiger partial charge in [-0.3, -0.25) is 4.55 Å². The molecule has 0 aromatic heterocycles. The molecule has 0 atom stereocenters. The third-order valence-electron chi connectivity index (χ3n) is 4.13. The van der Waals surface area contributed by atoms with Crippen LogP contribution in [-0.2, 0) is 19.3 Å². The van der Waals surface area contributed by atoms with E-state index >= 15 is 0 Å². The van der Waals surface area contributed by atoms with Crippen LogP contribution in [0.3, 0.4) is 0 Å². The van der Waals surface area contributed by atoms with E-state index in [0.29, 0.717) is 12.8 Å². The Morgan fingerprint density at radius 1 is 0.607 bits per heavy atom. The van der Waals surface area contributed by atoms with Gasteiger partial charge in [0.2, 0.25) is 0 Å². The molecule has 0 radical (unpaired) electrons. The highest BCUT2D eigenvalue weighted by atomic mass is 32.3. The van der Waals surface area contributed by atoms with E-state index in [2.05, 4.69) is 8.92 Å². The summed E-state index contributed by atoms with van der Waals surface area (Å²) >= 11 is 0. The normalized spacial score (nSPS) is 13.2. The van der Waals surface area contributed by atoms with Crippen LogP contribution in [0.5, 0.6) is 0 Å². The van der Waals surface area contributed by atoms with Crippen molar-refractivity contribution in [1.82, 2.24) is 0 Å².